The molecule has 0 aliphatic carbocycles. The molecule has 2 heterocycles. The molecule has 2 N–H and O–H groups in total. The number of benzene rings is 2. The van der Waals surface area contributed by atoms with Crippen LogP contribution in [0.1, 0.15) is 10.5 Å². The fourth-order valence-corrected chi connectivity index (χ4v) is 3.98. The average molecular weight is 398 g/mol. The van der Waals surface area contributed by atoms with E-state index < -0.39 is 16.0 Å². The molecule has 0 amide bonds. The van der Waals surface area contributed by atoms with Crippen LogP contribution in [-0.4, -0.2) is 41.2 Å². The number of sulfonamides is 1. The van der Waals surface area contributed by atoms with Crippen LogP contribution in [0.4, 0.5) is 5.69 Å². The number of esters is 1. The largest absolute Gasteiger partial charge is 0.505 e. The summed E-state index contributed by atoms with van der Waals surface area (Å²) in [7, 11) is -2.70. The number of nitrogens with zero attached hydrogens (tertiary/aromatic N) is 3. The molecule has 0 saturated heterocycles. The van der Waals surface area contributed by atoms with Crippen molar-refractivity contribution in [3.63, 3.8) is 0 Å². The molecule has 4 aromatic rings. The van der Waals surface area contributed by atoms with Gasteiger partial charge in [-0.3, -0.25) is 4.72 Å². The van der Waals surface area contributed by atoms with Gasteiger partial charge in [0.05, 0.1) is 12.0 Å². The third-order valence-corrected chi connectivity index (χ3v) is 5.56. The van der Waals surface area contributed by atoms with Gasteiger partial charge in [-0.15, -0.1) is 0 Å². The molecule has 0 saturated carbocycles. The number of hydrogen-bond acceptors (Lipinski definition) is 7. The van der Waals surface area contributed by atoms with Crippen molar-refractivity contribution in [3.8, 4) is 5.75 Å². The Balaban J connectivity index is 1.92. The molecule has 0 unspecified atom stereocenters. The second-order valence-corrected chi connectivity index (χ2v) is 7.55. The van der Waals surface area contributed by atoms with E-state index in [9.17, 15) is 18.3 Å². The number of hydrogen-bond donors (Lipinski definition) is 2. The van der Waals surface area contributed by atoms with Gasteiger partial charge in [0, 0.05) is 16.5 Å². The number of anilines is 1. The number of nitrogens with one attached hydrogen (secondary N) is 1. The molecule has 0 spiro atoms. The number of para-hydroxylation sites is 1. The van der Waals surface area contributed by atoms with E-state index in [0.717, 1.165) is 4.52 Å². The van der Waals surface area contributed by atoms with Crippen molar-refractivity contribution in [2.24, 2.45) is 0 Å². The van der Waals surface area contributed by atoms with Crippen LogP contribution < -0.4 is 4.72 Å². The van der Waals surface area contributed by atoms with Crippen LogP contribution in [0.15, 0.2) is 59.8 Å². The van der Waals surface area contributed by atoms with Gasteiger partial charge in [-0.1, -0.05) is 18.2 Å². The van der Waals surface area contributed by atoms with Gasteiger partial charge < -0.3 is 9.84 Å². The van der Waals surface area contributed by atoms with Crippen LogP contribution in [0.25, 0.3) is 16.4 Å². The van der Waals surface area contributed by atoms with E-state index in [2.05, 4.69) is 14.8 Å². The molecule has 0 atom stereocenters. The Bertz CT molecular complexity index is 1320. The Morgan fingerprint density at radius 1 is 1.14 bits per heavy atom. The number of fused-ring (bicyclic) bond motifs is 3. The van der Waals surface area contributed by atoms with Gasteiger partial charge in [-0.2, -0.15) is 5.10 Å². The highest BCUT2D eigenvalue weighted by Gasteiger charge is 2.24. The first-order valence-electron chi connectivity index (χ1n) is 8.07. The smallest absolute Gasteiger partial charge is 0.360 e. The van der Waals surface area contributed by atoms with Gasteiger partial charge in [-0.25, -0.2) is 22.7 Å². The number of rotatable bonds is 4. The normalized spacial score (nSPS) is 11.6. The lowest BCUT2D eigenvalue weighted by atomic mass is 10.1. The van der Waals surface area contributed by atoms with E-state index in [0.29, 0.717) is 11.1 Å². The summed E-state index contributed by atoms with van der Waals surface area (Å²) in [6, 6.07) is 12.6. The van der Waals surface area contributed by atoms with Crippen LogP contribution in [0.2, 0.25) is 0 Å². The van der Waals surface area contributed by atoms with Gasteiger partial charge in [0.25, 0.3) is 10.0 Å². The summed E-state index contributed by atoms with van der Waals surface area (Å²) in [5.41, 5.74) is 0.435. The zero-order chi connectivity index (χ0) is 19.9. The summed E-state index contributed by atoms with van der Waals surface area (Å²) in [6.45, 7) is 0. The highest BCUT2D eigenvalue weighted by Crippen LogP contribution is 2.33. The molecule has 0 aliphatic rings. The standard InChI is InChI=1S/C18H14N4O5S/c1-27-18(24)15-16(23)13-8-7-12(9-14(13)17-19-10-20-22(15)17)28(25,26)21-11-5-3-2-4-6-11/h2-10,21,23H,1H3. The van der Waals surface area contributed by atoms with Crippen LogP contribution in [0.3, 0.4) is 0 Å². The van der Waals surface area contributed by atoms with Gasteiger partial charge in [-0.05, 0) is 30.3 Å². The number of aromatic hydroxyl groups is 1. The zero-order valence-corrected chi connectivity index (χ0v) is 15.3. The van der Waals surface area contributed by atoms with E-state index in [1.807, 2.05) is 0 Å². The molecular weight excluding hydrogens is 384 g/mol. The molecule has 4 rings (SSSR count). The third kappa shape index (κ3) is 2.79. The molecule has 2 aromatic carbocycles. The maximum atomic E-state index is 12.7. The van der Waals surface area contributed by atoms with Gasteiger partial charge >= 0.3 is 5.97 Å². The number of ether oxygens (including phenoxy) is 1. The predicted molar refractivity (Wildman–Crippen MR) is 101 cm³/mol. The summed E-state index contributed by atoms with van der Waals surface area (Å²) in [5.74, 6) is -1.17. The van der Waals surface area contributed by atoms with Crippen molar-refractivity contribution in [1.29, 1.82) is 0 Å². The van der Waals surface area contributed by atoms with Crippen LogP contribution in [-0.2, 0) is 14.8 Å². The first-order valence-corrected chi connectivity index (χ1v) is 9.55. The molecular formula is C18H14N4O5S. The first kappa shape index (κ1) is 17.7. The van der Waals surface area contributed by atoms with Crippen molar-refractivity contribution in [2.75, 3.05) is 11.8 Å². The second-order valence-electron chi connectivity index (χ2n) is 5.86. The van der Waals surface area contributed by atoms with Crippen LogP contribution >= 0.6 is 0 Å². The van der Waals surface area contributed by atoms with E-state index >= 15 is 0 Å². The quantitative estimate of drug-likeness (QED) is 0.505. The summed E-state index contributed by atoms with van der Waals surface area (Å²) in [6.07, 6.45) is 1.20. The molecule has 142 valence electrons. The Hall–Kier alpha value is -3.66. The minimum Gasteiger partial charge on any atom is -0.505 e. The van der Waals surface area contributed by atoms with Crippen molar-refractivity contribution in [3.05, 3.63) is 60.6 Å². The second kappa shape index (κ2) is 6.50. The fourth-order valence-electron chi connectivity index (χ4n) is 2.90. The number of pyridine rings is 1. The minimum absolute atomic E-state index is 0.0287. The molecule has 28 heavy (non-hydrogen) atoms. The van der Waals surface area contributed by atoms with E-state index in [1.54, 1.807) is 30.3 Å². The first-order chi connectivity index (χ1) is 13.4. The van der Waals surface area contributed by atoms with E-state index in [-0.39, 0.29) is 27.4 Å². The zero-order valence-electron chi connectivity index (χ0n) is 14.5. The summed E-state index contributed by atoms with van der Waals surface area (Å²) < 4.78 is 33.8. The van der Waals surface area contributed by atoms with Gasteiger partial charge in [0.15, 0.2) is 17.1 Å². The van der Waals surface area contributed by atoms with E-state index in [1.165, 1.54) is 31.6 Å². The van der Waals surface area contributed by atoms with Crippen LogP contribution in [0, 0.1) is 0 Å². The minimum atomic E-state index is -3.88. The fraction of sp³-hybridized carbons (Fsp3) is 0.0556. The molecule has 2 aromatic heterocycles. The van der Waals surface area contributed by atoms with Crippen molar-refractivity contribution in [2.45, 2.75) is 4.90 Å². The topological polar surface area (TPSA) is 123 Å². The van der Waals surface area contributed by atoms with Crippen molar-refractivity contribution < 1.29 is 23.1 Å². The highest BCUT2D eigenvalue weighted by atomic mass is 32.2. The summed E-state index contributed by atoms with van der Waals surface area (Å²) >= 11 is 0. The lowest BCUT2D eigenvalue weighted by Crippen LogP contribution is -2.13. The van der Waals surface area contributed by atoms with Crippen molar-refractivity contribution in [1.82, 2.24) is 14.6 Å². The predicted octanol–water partition coefficient (Wildman–Crippen LogP) is 2.18. The Morgan fingerprint density at radius 3 is 2.61 bits per heavy atom. The molecule has 0 aliphatic heterocycles. The molecule has 0 radical (unpaired) electrons. The van der Waals surface area contributed by atoms with Gasteiger partial charge in [0.2, 0.25) is 0 Å². The number of methoxy groups -OCH3 is 1. The Morgan fingerprint density at radius 2 is 1.89 bits per heavy atom. The monoisotopic (exact) mass is 398 g/mol. The lowest BCUT2D eigenvalue weighted by Gasteiger charge is -2.12. The Kier molecular flexibility index (Phi) is 4.12. The SMILES string of the molecule is COC(=O)c1c(O)c2ccc(S(=O)(=O)Nc3ccccc3)cc2c2ncnn12. The number of carbonyl (C=O) groups excluding carboxylic acids is 1. The summed E-state index contributed by atoms with van der Waals surface area (Å²) in [4.78, 5) is 16.1. The maximum absolute atomic E-state index is 12.7. The Labute approximate surface area is 159 Å². The number of aromatic nitrogens is 3. The average Bonchev–Trinajstić information content (AvgIpc) is 3.17. The third-order valence-electron chi connectivity index (χ3n) is 4.19. The molecule has 9 nitrogen and oxygen atoms in total. The molecule has 0 fully saturated rings. The summed E-state index contributed by atoms with van der Waals surface area (Å²) in [5, 5.41) is 15.0. The lowest BCUT2D eigenvalue weighted by molar-refractivity contribution is 0.0587. The molecule has 10 heteroatoms. The van der Waals surface area contributed by atoms with Gasteiger partial charge in [0.1, 0.15) is 6.33 Å². The molecule has 0 bridgehead atoms. The van der Waals surface area contributed by atoms with E-state index in [4.69, 9.17) is 4.74 Å². The highest BCUT2D eigenvalue weighted by molar-refractivity contribution is 7.92. The van der Waals surface area contributed by atoms with Crippen LogP contribution in [0.5, 0.6) is 5.75 Å². The number of carbonyl (C=O) groups is 1. The van der Waals surface area contributed by atoms with Crippen molar-refractivity contribution >= 4 is 38.1 Å². The maximum Gasteiger partial charge on any atom is 0.360 e.